The molecule has 170 valence electrons. The number of rotatable bonds is 8. The van der Waals surface area contributed by atoms with Crippen molar-refractivity contribution < 1.29 is 24.3 Å². The summed E-state index contributed by atoms with van der Waals surface area (Å²) >= 11 is 7.25. The van der Waals surface area contributed by atoms with E-state index in [1.54, 1.807) is 17.3 Å². The minimum atomic E-state index is -1.16. The van der Waals surface area contributed by atoms with E-state index in [1.807, 2.05) is 5.41 Å². The highest BCUT2D eigenvalue weighted by molar-refractivity contribution is 8.10. The number of carbonyl (C=O) groups excluding carboxylic acids is 2. The predicted octanol–water partition coefficient (Wildman–Crippen LogP) is 1.69. The number of carbonyl (C=O) groups is 3. The van der Waals surface area contributed by atoms with Crippen molar-refractivity contribution in [3.8, 4) is 0 Å². The van der Waals surface area contributed by atoms with Crippen LogP contribution in [0, 0.1) is 0 Å². The highest BCUT2D eigenvalue weighted by Gasteiger charge is 2.54. The van der Waals surface area contributed by atoms with Gasteiger partial charge in [0.25, 0.3) is 11.8 Å². The first-order valence-electron chi connectivity index (χ1n) is 9.17. The number of nitrogens with one attached hydrogen (secondary N) is 1. The Labute approximate surface area is 204 Å². The van der Waals surface area contributed by atoms with E-state index < -0.39 is 29.2 Å². The van der Waals surface area contributed by atoms with Gasteiger partial charge in [-0.25, -0.2) is 4.79 Å². The largest absolute Gasteiger partial charge is 0.477 e. The number of carboxylic acid groups (broad SMARTS) is 1. The molecule has 1 unspecified atom stereocenters. The molecule has 1 aromatic heterocycles. The summed E-state index contributed by atoms with van der Waals surface area (Å²) < 4.78 is 0.729. The third-order valence-corrected chi connectivity index (χ3v) is 10.1. The molecule has 0 bridgehead atoms. The minimum Gasteiger partial charge on any atom is -0.477 e. The molecule has 32 heavy (non-hydrogen) atoms. The Kier molecular flexibility index (Phi) is 7.70. The van der Waals surface area contributed by atoms with Crippen LogP contribution >= 0.6 is 58.4 Å². The lowest BCUT2D eigenvalue weighted by Crippen LogP contribution is -2.71. The van der Waals surface area contributed by atoms with Gasteiger partial charge < -0.3 is 15.3 Å². The van der Waals surface area contributed by atoms with Crippen LogP contribution in [0.2, 0.25) is 0 Å². The van der Waals surface area contributed by atoms with Gasteiger partial charge in [-0.2, -0.15) is 0 Å². The molecule has 0 spiro atoms. The molecule has 4 rings (SSSR count). The number of fused-ring (bicyclic) bond motifs is 1. The summed E-state index contributed by atoms with van der Waals surface area (Å²) in [6.07, 6.45) is 0. The Morgan fingerprint density at radius 1 is 1.44 bits per heavy atom. The standard InChI is InChI=1S/C17H17N5O5S5/c1-27-21-10(9-6-28-2-3-29-9)13(23)19-11-14(24)22-12(16(25)26)8(4-30-15(11)22)5-31-17-20-18-7-32-17/h6-7,11,15H,2-5H2,1H3,(H,19,23)(H,25,26)/t11?,15-/m0/s1. The first-order valence-corrected chi connectivity index (χ1v) is 14.1. The Hall–Kier alpha value is -1.68. The Morgan fingerprint density at radius 3 is 2.94 bits per heavy atom. The molecule has 3 aliphatic heterocycles. The van der Waals surface area contributed by atoms with Crippen LogP contribution in [0.5, 0.6) is 0 Å². The van der Waals surface area contributed by atoms with E-state index in [0.29, 0.717) is 22.0 Å². The molecule has 2 amide bonds. The molecule has 0 aliphatic carbocycles. The summed E-state index contributed by atoms with van der Waals surface area (Å²) in [6, 6.07) is -0.830. The van der Waals surface area contributed by atoms with Crippen LogP contribution in [-0.4, -0.2) is 85.2 Å². The van der Waals surface area contributed by atoms with E-state index in [9.17, 15) is 19.5 Å². The van der Waals surface area contributed by atoms with Gasteiger partial charge in [-0.3, -0.25) is 14.5 Å². The first kappa shape index (κ1) is 23.5. The number of amides is 2. The van der Waals surface area contributed by atoms with Gasteiger partial charge in [0.05, 0.1) is 0 Å². The van der Waals surface area contributed by atoms with Crippen LogP contribution in [0.4, 0.5) is 0 Å². The molecule has 3 aliphatic rings. The molecule has 10 nitrogen and oxygen atoms in total. The summed E-state index contributed by atoms with van der Waals surface area (Å²) in [4.78, 5) is 44.5. The molecule has 0 radical (unpaired) electrons. The van der Waals surface area contributed by atoms with E-state index in [-0.39, 0.29) is 11.4 Å². The van der Waals surface area contributed by atoms with Crippen LogP contribution in [0.1, 0.15) is 0 Å². The lowest BCUT2D eigenvalue weighted by molar-refractivity contribution is -0.150. The number of oxime groups is 1. The van der Waals surface area contributed by atoms with Gasteiger partial charge >= 0.3 is 5.97 Å². The lowest BCUT2D eigenvalue weighted by atomic mass is 10.0. The summed E-state index contributed by atoms with van der Waals surface area (Å²) in [6.45, 7) is 0. The van der Waals surface area contributed by atoms with Crippen LogP contribution in [0.15, 0.2) is 36.6 Å². The Bertz CT molecular complexity index is 1010. The normalized spacial score (nSPS) is 23.3. The second kappa shape index (κ2) is 10.5. The van der Waals surface area contributed by atoms with Gasteiger partial charge in [-0.05, 0) is 11.0 Å². The highest BCUT2D eigenvalue weighted by atomic mass is 32.2. The third kappa shape index (κ3) is 4.81. The maximum atomic E-state index is 12.9. The number of hydrogen-bond acceptors (Lipinski definition) is 12. The predicted molar refractivity (Wildman–Crippen MR) is 128 cm³/mol. The van der Waals surface area contributed by atoms with Crippen LogP contribution in [0.25, 0.3) is 0 Å². The molecule has 2 N–H and O–H groups in total. The first-order chi connectivity index (χ1) is 15.5. The summed E-state index contributed by atoms with van der Waals surface area (Å²) in [7, 11) is 1.35. The fraction of sp³-hybridized carbons (Fsp3) is 0.412. The van der Waals surface area contributed by atoms with Crippen molar-refractivity contribution in [2.75, 3.05) is 30.1 Å². The van der Waals surface area contributed by atoms with Gasteiger partial charge in [-0.15, -0.1) is 45.5 Å². The number of aromatic nitrogens is 2. The van der Waals surface area contributed by atoms with Gasteiger partial charge in [0.2, 0.25) is 0 Å². The Balaban J connectivity index is 1.47. The molecule has 1 aromatic rings. The van der Waals surface area contributed by atoms with Crippen molar-refractivity contribution in [3.63, 3.8) is 0 Å². The van der Waals surface area contributed by atoms with Crippen LogP contribution < -0.4 is 5.32 Å². The molecule has 0 saturated carbocycles. The van der Waals surface area contributed by atoms with Crippen molar-refractivity contribution in [1.82, 2.24) is 20.4 Å². The lowest BCUT2D eigenvalue weighted by Gasteiger charge is -2.49. The SMILES string of the molecule is CON=C(C(=O)NC1C(=O)N2C(C(=O)O)=C(CSc3nncs3)CS[C@@H]12)C1=CSCCS1. The average molecular weight is 532 g/mol. The number of aliphatic carboxylic acids is 1. The van der Waals surface area contributed by atoms with Gasteiger partial charge in [0.15, 0.2) is 10.1 Å². The topological polar surface area (TPSA) is 134 Å². The van der Waals surface area contributed by atoms with Gasteiger partial charge in [0.1, 0.15) is 29.7 Å². The minimum absolute atomic E-state index is 0.0195. The zero-order valence-electron chi connectivity index (χ0n) is 16.5. The molecule has 2 atom stereocenters. The zero-order valence-corrected chi connectivity index (χ0v) is 20.6. The number of β-lactam (4-membered cyclic amide) rings is 1. The van der Waals surface area contributed by atoms with E-state index >= 15 is 0 Å². The maximum Gasteiger partial charge on any atom is 0.352 e. The second-order valence-corrected chi connectivity index (χ2v) is 11.7. The number of thioether (sulfide) groups is 4. The van der Waals surface area contributed by atoms with Crippen molar-refractivity contribution in [2.45, 2.75) is 15.8 Å². The van der Waals surface area contributed by atoms with Crippen LogP contribution in [0.3, 0.4) is 0 Å². The quantitative estimate of drug-likeness (QED) is 0.220. The molecular weight excluding hydrogens is 515 g/mol. The fourth-order valence-corrected chi connectivity index (χ4v) is 8.20. The number of carboxylic acids is 1. The molecular formula is C17H17N5O5S5. The van der Waals surface area contributed by atoms with E-state index in [4.69, 9.17) is 4.84 Å². The third-order valence-electron chi connectivity index (χ3n) is 4.53. The van der Waals surface area contributed by atoms with E-state index in [1.165, 1.54) is 58.6 Å². The summed E-state index contributed by atoms with van der Waals surface area (Å²) in [5.41, 5.74) is 2.34. The zero-order chi connectivity index (χ0) is 22.7. The molecule has 0 aromatic carbocycles. The Morgan fingerprint density at radius 2 is 2.28 bits per heavy atom. The second-order valence-electron chi connectivity index (χ2n) is 6.44. The summed E-state index contributed by atoms with van der Waals surface area (Å²) in [5, 5.41) is 25.4. The van der Waals surface area contributed by atoms with E-state index in [0.717, 1.165) is 15.8 Å². The van der Waals surface area contributed by atoms with Gasteiger partial charge in [-0.1, -0.05) is 28.3 Å². The van der Waals surface area contributed by atoms with Crippen molar-refractivity contribution >= 4 is 81.9 Å². The molecule has 1 fully saturated rings. The van der Waals surface area contributed by atoms with Gasteiger partial charge in [0, 0.05) is 27.9 Å². The van der Waals surface area contributed by atoms with E-state index in [2.05, 4.69) is 20.7 Å². The van der Waals surface area contributed by atoms with Crippen LogP contribution in [-0.2, 0) is 19.2 Å². The highest BCUT2D eigenvalue weighted by Crippen LogP contribution is 2.41. The maximum absolute atomic E-state index is 12.9. The smallest absolute Gasteiger partial charge is 0.352 e. The number of nitrogens with zero attached hydrogens (tertiary/aromatic N) is 4. The molecule has 1 saturated heterocycles. The average Bonchev–Trinajstić information content (AvgIpc) is 3.33. The molecule has 4 heterocycles. The van der Waals surface area contributed by atoms with Crippen molar-refractivity contribution in [1.29, 1.82) is 0 Å². The van der Waals surface area contributed by atoms with Crippen molar-refractivity contribution in [3.05, 3.63) is 27.1 Å². The number of hydrogen-bond donors (Lipinski definition) is 2. The fourth-order valence-electron chi connectivity index (χ4n) is 3.16. The monoisotopic (exact) mass is 531 g/mol. The molecule has 15 heteroatoms. The van der Waals surface area contributed by atoms with Crippen molar-refractivity contribution in [2.24, 2.45) is 5.16 Å². The summed E-state index contributed by atoms with van der Waals surface area (Å²) in [5.74, 6) is 0.466.